The van der Waals surface area contributed by atoms with Gasteiger partial charge in [0.15, 0.2) is 0 Å². The van der Waals surface area contributed by atoms with Crippen molar-refractivity contribution in [3.63, 3.8) is 0 Å². The zero-order valence-corrected chi connectivity index (χ0v) is 11.2. The average molecular weight is 296 g/mol. The third-order valence-electron chi connectivity index (χ3n) is 2.98. The summed E-state index contributed by atoms with van der Waals surface area (Å²) in [7, 11) is 0. The number of rotatable bonds is 2. The van der Waals surface area contributed by atoms with Gasteiger partial charge in [0, 0.05) is 17.6 Å². The molecule has 3 nitrogen and oxygen atoms in total. The van der Waals surface area contributed by atoms with Gasteiger partial charge in [-0.25, -0.2) is 4.79 Å². The topological polar surface area (TPSA) is 40.5 Å². The lowest BCUT2D eigenvalue weighted by Crippen LogP contribution is -2.29. The molecule has 1 aromatic carbocycles. The molecule has 1 heterocycles. The van der Waals surface area contributed by atoms with Crippen LogP contribution in [0.4, 0.5) is 5.69 Å². The number of carboxylic acids is 1. The Morgan fingerprint density at radius 3 is 2.82 bits per heavy atom. The fourth-order valence-corrected chi connectivity index (χ4v) is 2.50. The van der Waals surface area contributed by atoms with E-state index in [1.807, 2.05) is 12.1 Å². The normalized spacial score (nSPS) is 15.6. The van der Waals surface area contributed by atoms with Gasteiger partial charge in [0.1, 0.15) is 0 Å². The van der Waals surface area contributed by atoms with E-state index in [0.29, 0.717) is 10.0 Å². The van der Waals surface area contributed by atoms with E-state index in [9.17, 15) is 9.90 Å². The van der Waals surface area contributed by atoms with Crippen molar-refractivity contribution in [2.24, 2.45) is 0 Å². The molecule has 0 aromatic heterocycles. The second-order valence-electron chi connectivity index (χ2n) is 4.19. The van der Waals surface area contributed by atoms with Crippen molar-refractivity contribution >= 4 is 27.6 Å². The Balaban J connectivity index is 2.39. The number of nitrogens with zero attached hydrogens (tertiary/aromatic N) is 1. The molecule has 1 aliphatic rings. The van der Waals surface area contributed by atoms with Gasteiger partial charge >= 0.3 is 5.97 Å². The Morgan fingerprint density at radius 1 is 1.47 bits per heavy atom. The minimum absolute atomic E-state index is 0.348. The largest absolute Gasteiger partial charge is 0.478 e. The molecule has 0 atom stereocenters. The van der Waals surface area contributed by atoms with Gasteiger partial charge < -0.3 is 10.0 Å². The van der Waals surface area contributed by atoms with Gasteiger partial charge in [0.25, 0.3) is 0 Å². The molecule has 0 radical (unpaired) electrons. The van der Waals surface area contributed by atoms with Crippen LogP contribution in [-0.2, 0) is 0 Å². The molecule has 0 amide bonds. The maximum atomic E-state index is 11.3. The summed E-state index contributed by atoms with van der Waals surface area (Å²) in [6, 6.07) is 5.50. The summed E-state index contributed by atoms with van der Waals surface area (Å²) in [5.74, 6) is -0.890. The van der Waals surface area contributed by atoms with Crippen molar-refractivity contribution in [1.82, 2.24) is 0 Å². The van der Waals surface area contributed by atoms with Gasteiger partial charge in [-0.05, 0) is 41.4 Å². The lowest BCUT2D eigenvalue weighted by molar-refractivity contribution is 0.0696. The van der Waals surface area contributed by atoms with Crippen LogP contribution in [0.2, 0.25) is 0 Å². The molecule has 0 spiro atoms. The molecule has 17 heavy (non-hydrogen) atoms. The highest BCUT2D eigenvalue weighted by Crippen LogP contribution is 2.29. The molecule has 0 saturated carbocycles. The first-order valence-corrected chi connectivity index (χ1v) is 6.31. The molecule has 0 bridgehead atoms. The molecule has 0 unspecified atom stereocenters. The highest BCUT2D eigenvalue weighted by atomic mass is 79.9. The molecule has 0 fully saturated rings. The smallest absolute Gasteiger partial charge is 0.338 e. The number of aromatic carboxylic acids is 1. The first-order valence-electron chi connectivity index (χ1n) is 5.52. The molecule has 1 aromatic rings. The summed E-state index contributed by atoms with van der Waals surface area (Å²) in [5.41, 5.74) is 2.50. The highest BCUT2D eigenvalue weighted by molar-refractivity contribution is 9.10. The molecule has 2 rings (SSSR count). The second kappa shape index (κ2) is 4.92. The van der Waals surface area contributed by atoms with Gasteiger partial charge in [-0.3, -0.25) is 0 Å². The zero-order valence-electron chi connectivity index (χ0n) is 9.61. The minimum Gasteiger partial charge on any atom is -0.478 e. The van der Waals surface area contributed by atoms with Crippen LogP contribution in [0.15, 0.2) is 34.3 Å². The predicted molar refractivity (Wildman–Crippen MR) is 71.7 cm³/mol. The van der Waals surface area contributed by atoms with Crippen molar-refractivity contribution in [3.05, 3.63) is 39.9 Å². The van der Waals surface area contributed by atoms with Crippen molar-refractivity contribution < 1.29 is 9.90 Å². The Hall–Kier alpha value is -1.29. The van der Waals surface area contributed by atoms with E-state index in [1.165, 1.54) is 5.57 Å². The standard InChI is InChI=1S/C13H14BrNO2/c1-9-5-7-15(8-6-9)11-4-2-3-10(14)12(11)13(16)17/h2-5H,6-8H2,1H3,(H,16,17). The summed E-state index contributed by atoms with van der Waals surface area (Å²) in [6.45, 7) is 3.76. The lowest BCUT2D eigenvalue weighted by Gasteiger charge is -2.29. The molecule has 1 N–H and O–H groups in total. The van der Waals surface area contributed by atoms with Crippen LogP contribution in [0.25, 0.3) is 0 Å². The quantitative estimate of drug-likeness (QED) is 0.851. The fraction of sp³-hybridized carbons (Fsp3) is 0.308. The Labute approximate surface area is 109 Å². The molecular formula is C13H14BrNO2. The number of carbonyl (C=O) groups is 1. The maximum Gasteiger partial charge on any atom is 0.338 e. The van der Waals surface area contributed by atoms with Crippen LogP contribution in [0.5, 0.6) is 0 Å². The van der Waals surface area contributed by atoms with Crippen molar-refractivity contribution in [2.75, 3.05) is 18.0 Å². The van der Waals surface area contributed by atoms with E-state index in [1.54, 1.807) is 6.07 Å². The van der Waals surface area contributed by atoms with Gasteiger partial charge in [-0.15, -0.1) is 0 Å². The van der Waals surface area contributed by atoms with E-state index in [2.05, 4.69) is 33.8 Å². The first-order chi connectivity index (χ1) is 8.09. The van der Waals surface area contributed by atoms with E-state index in [0.717, 1.165) is 25.2 Å². The van der Waals surface area contributed by atoms with Crippen molar-refractivity contribution in [3.8, 4) is 0 Å². The van der Waals surface area contributed by atoms with Gasteiger partial charge in [-0.2, -0.15) is 0 Å². The van der Waals surface area contributed by atoms with Crippen molar-refractivity contribution in [1.29, 1.82) is 0 Å². The van der Waals surface area contributed by atoms with Gasteiger partial charge in [0.2, 0.25) is 0 Å². The SMILES string of the molecule is CC1=CCN(c2cccc(Br)c2C(=O)O)CC1. The van der Waals surface area contributed by atoms with Crippen molar-refractivity contribution in [2.45, 2.75) is 13.3 Å². The lowest BCUT2D eigenvalue weighted by atomic mass is 10.1. The average Bonchev–Trinajstić information content (AvgIpc) is 2.29. The molecule has 1 aliphatic heterocycles. The molecule has 0 aliphatic carbocycles. The summed E-state index contributed by atoms with van der Waals surface area (Å²) < 4.78 is 0.633. The van der Waals surface area contributed by atoms with E-state index in [4.69, 9.17) is 0 Å². The van der Waals surface area contributed by atoms with Crippen LogP contribution in [0.3, 0.4) is 0 Å². The van der Waals surface area contributed by atoms with Crippen LogP contribution in [0.1, 0.15) is 23.7 Å². The van der Waals surface area contributed by atoms with Gasteiger partial charge in [-0.1, -0.05) is 17.7 Å². The summed E-state index contributed by atoms with van der Waals surface area (Å²) >= 11 is 3.30. The number of carboxylic acid groups (broad SMARTS) is 1. The molecule has 90 valence electrons. The fourth-order valence-electron chi connectivity index (χ4n) is 1.98. The predicted octanol–water partition coefficient (Wildman–Crippen LogP) is 3.30. The number of halogens is 1. The van der Waals surface area contributed by atoms with Gasteiger partial charge in [0.05, 0.1) is 11.3 Å². The monoisotopic (exact) mass is 295 g/mol. The number of benzene rings is 1. The molecular weight excluding hydrogens is 282 g/mol. The van der Waals surface area contributed by atoms with Crippen LogP contribution in [0, 0.1) is 0 Å². The van der Waals surface area contributed by atoms with Crippen LogP contribution >= 0.6 is 15.9 Å². The Morgan fingerprint density at radius 2 is 2.24 bits per heavy atom. The number of hydrogen-bond acceptors (Lipinski definition) is 2. The first kappa shape index (κ1) is 12.2. The minimum atomic E-state index is -0.890. The van der Waals surface area contributed by atoms with E-state index < -0.39 is 5.97 Å². The molecule has 4 heteroatoms. The summed E-state index contributed by atoms with van der Waals surface area (Å²) in [5, 5.41) is 9.26. The number of hydrogen-bond donors (Lipinski definition) is 1. The summed E-state index contributed by atoms with van der Waals surface area (Å²) in [4.78, 5) is 13.4. The van der Waals surface area contributed by atoms with E-state index in [-0.39, 0.29) is 0 Å². The molecule has 0 saturated heterocycles. The second-order valence-corrected chi connectivity index (χ2v) is 5.04. The number of anilines is 1. The summed E-state index contributed by atoms with van der Waals surface area (Å²) in [6.07, 6.45) is 3.14. The zero-order chi connectivity index (χ0) is 12.4. The third kappa shape index (κ3) is 2.52. The third-order valence-corrected chi connectivity index (χ3v) is 3.64. The van der Waals surface area contributed by atoms with Crippen LogP contribution < -0.4 is 4.90 Å². The Kier molecular flexibility index (Phi) is 3.52. The highest BCUT2D eigenvalue weighted by Gasteiger charge is 2.19. The van der Waals surface area contributed by atoms with E-state index >= 15 is 0 Å². The Bertz CT molecular complexity index is 482. The maximum absolute atomic E-state index is 11.3. The van der Waals surface area contributed by atoms with Crippen LogP contribution in [-0.4, -0.2) is 24.2 Å².